The molecule has 0 aliphatic carbocycles. The van der Waals surface area contributed by atoms with Crippen LogP contribution in [0.25, 0.3) is 0 Å². The SMILES string of the molecule is C=CCC(NN)C1CCOC1. The fourth-order valence-electron chi connectivity index (χ4n) is 1.45. The summed E-state index contributed by atoms with van der Waals surface area (Å²) in [5.74, 6) is 5.95. The molecule has 0 bridgehead atoms. The zero-order valence-corrected chi connectivity index (χ0v) is 6.75. The van der Waals surface area contributed by atoms with Gasteiger partial charge in [0.1, 0.15) is 0 Å². The van der Waals surface area contributed by atoms with Crippen LogP contribution in [0.5, 0.6) is 0 Å². The van der Waals surface area contributed by atoms with Crippen LogP contribution >= 0.6 is 0 Å². The van der Waals surface area contributed by atoms with E-state index in [9.17, 15) is 0 Å². The van der Waals surface area contributed by atoms with Gasteiger partial charge in [0.2, 0.25) is 0 Å². The van der Waals surface area contributed by atoms with Gasteiger partial charge in [0, 0.05) is 18.6 Å². The van der Waals surface area contributed by atoms with Crippen LogP contribution in [-0.2, 0) is 4.74 Å². The minimum atomic E-state index is 0.343. The van der Waals surface area contributed by atoms with Crippen molar-refractivity contribution in [2.24, 2.45) is 11.8 Å². The maximum absolute atomic E-state index is 5.39. The Bertz CT molecular complexity index is 121. The Kier molecular flexibility index (Phi) is 3.56. The second-order valence-corrected chi connectivity index (χ2v) is 2.92. The third kappa shape index (κ3) is 2.29. The van der Waals surface area contributed by atoms with Gasteiger partial charge in [-0.05, 0) is 12.8 Å². The lowest BCUT2D eigenvalue weighted by atomic mass is 9.97. The molecule has 0 aromatic carbocycles. The van der Waals surface area contributed by atoms with E-state index in [-0.39, 0.29) is 0 Å². The van der Waals surface area contributed by atoms with E-state index in [0.29, 0.717) is 12.0 Å². The summed E-state index contributed by atoms with van der Waals surface area (Å²) in [6.07, 6.45) is 3.93. The molecule has 0 spiro atoms. The van der Waals surface area contributed by atoms with E-state index >= 15 is 0 Å². The number of hydrazine groups is 1. The van der Waals surface area contributed by atoms with Gasteiger partial charge in [-0.3, -0.25) is 11.3 Å². The van der Waals surface area contributed by atoms with Crippen LogP contribution in [0.1, 0.15) is 12.8 Å². The highest BCUT2D eigenvalue weighted by Gasteiger charge is 2.23. The van der Waals surface area contributed by atoms with E-state index in [4.69, 9.17) is 10.6 Å². The predicted molar refractivity (Wildman–Crippen MR) is 44.9 cm³/mol. The molecule has 0 aromatic rings. The first kappa shape index (κ1) is 8.71. The summed E-state index contributed by atoms with van der Waals surface area (Å²) in [6, 6.07) is 0.343. The molecule has 1 rings (SSSR count). The molecule has 1 saturated heterocycles. The van der Waals surface area contributed by atoms with E-state index in [2.05, 4.69) is 12.0 Å². The third-order valence-electron chi connectivity index (χ3n) is 2.17. The van der Waals surface area contributed by atoms with Crippen LogP contribution in [0.4, 0.5) is 0 Å². The fourth-order valence-corrected chi connectivity index (χ4v) is 1.45. The summed E-state index contributed by atoms with van der Waals surface area (Å²) < 4.78 is 5.26. The molecule has 0 amide bonds. The summed E-state index contributed by atoms with van der Waals surface area (Å²) in [5, 5.41) is 0. The van der Waals surface area contributed by atoms with Gasteiger partial charge in [-0.2, -0.15) is 0 Å². The lowest BCUT2D eigenvalue weighted by molar-refractivity contribution is 0.177. The molecule has 64 valence electrons. The van der Waals surface area contributed by atoms with Crippen molar-refractivity contribution in [1.29, 1.82) is 0 Å². The molecule has 3 nitrogen and oxygen atoms in total. The van der Waals surface area contributed by atoms with Crippen molar-refractivity contribution < 1.29 is 4.74 Å². The second-order valence-electron chi connectivity index (χ2n) is 2.92. The average molecular weight is 156 g/mol. The molecule has 0 aromatic heterocycles. The quantitative estimate of drug-likeness (QED) is 0.352. The fraction of sp³-hybridized carbons (Fsp3) is 0.750. The van der Waals surface area contributed by atoms with Gasteiger partial charge in [-0.1, -0.05) is 6.08 Å². The molecule has 0 saturated carbocycles. The van der Waals surface area contributed by atoms with Gasteiger partial charge in [-0.15, -0.1) is 6.58 Å². The Morgan fingerprint density at radius 1 is 1.82 bits per heavy atom. The van der Waals surface area contributed by atoms with Crippen LogP contribution in [-0.4, -0.2) is 19.3 Å². The minimum Gasteiger partial charge on any atom is -0.381 e. The average Bonchev–Trinajstić information content (AvgIpc) is 2.52. The van der Waals surface area contributed by atoms with Crippen LogP contribution in [0.3, 0.4) is 0 Å². The summed E-state index contributed by atoms with van der Waals surface area (Å²) >= 11 is 0. The van der Waals surface area contributed by atoms with Gasteiger partial charge < -0.3 is 4.74 Å². The lowest BCUT2D eigenvalue weighted by Crippen LogP contribution is -2.40. The van der Waals surface area contributed by atoms with E-state index in [1.807, 2.05) is 6.08 Å². The van der Waals surface area contributed by atoms with Crippen molar-refractivity contribution >= 4 is 0 Å². The molecular weight excluding hydrogens is 140 g/mol. The maximum Gasteiger partial charge on any atom is 0.0510 e. The third-order valence-corrected chi connectivity index (χ3v) is 2.17. The first-order chi connectivity index (χ1) is 5.38. The largest absolute Gasteiger partial charge is 0.381 e. The highest BCUT2D eigenvalue weighted by molar-refractivity contribution is 4.83. The number of rotatable bonds is 4. The highest BCUT2D eigenvalue weighted by Crippen LogP contribution is 2.18. The standard InChI is InChI=1S/C8H16N2O/c1-2-3-8(10-9)7-4-5-11-6-7/h2,7-8,10H,1,3-6,9H2. The number of ether oxygens (including phenoxy) is 1. The summed E-state index contributed by atoms with van der Waals surface area (Å²) in [6.45, 7) is 5.39. The van der Waals surface area contributed by atoms with Gasteiger partial charge >= 0.3 is 0 Å². The molecule has 1 heterocycles. The Hall–Kier alpha value is -0.380. The van der Waals surface area contributed by atoms with E-state index in [0.717, 1.165) is 26.1 Å². The van der Waals surface area contributed by atoms with E-state index in [1.54, 1.807) is 0 Å². The first-order valence-corrected chi connectivity index (χ1v) is 4.03. The molecular formula is C8H16N2O. The van der Waals surface area contributed by atoms with Crippen molar-refractivity contribution in [3.05, 3.63) is 12.7 Å². The maximum atomic E-state index is 5.39. The topological polar surface area (TPSA) is 47.3 Å². The van der Waals surface area contributed by atoms with Gasteiger partial charge in [0.05, 0.1) is 6.61 Å². The molecule has 1 fully saturated rings. The minimum absolute atomic E-state index is 0.343. The molecule has 0 radical (unpaired) electrons. The van der Waals surface area contributed by atoms with Crippen LogP contribution in [0.2, 0.25) is 0 Å². The summed E-state index contributed by atoms with van der Waals surface area (Å²) in [4.78, 5) is 0. The molecule has 1 aliphatic rings. The smallest absolute Gasteiger partial charge is 0.0510 e. The Morgan fingerprint density at radius 3 is 3.09 bits per heavy atom. The monoisotopic (exact) mass is 156 g/mol. The highest BCUT2D eigenvalue weighted by atomic mass is 16.5. The van der Waals surface area contributed by atoms with Gasteiger partial charge in [0.15, 0.2) is 0 Å². The number of nitrogens with one attached hydrogen (secondary N) is 1. The summed E-state index contributed by atoms with van der Waals surface area (Å²) in [7, 11) is 0. The zero-order valence-electron chi connectivity index (χ0n) is 6.75. The van der Waals surface area contributed by atoms with Crippen LogP contribution in [0, 0.1) is 5.92 Å². The predicted octanol–water partition coefficient (Wildman–Crippen LogP) is 0.431. The van der Waals surface area contributed by atoms with Crippen LogP contribution in [0.15, 0.2) is 12.7 Å². The molecule has 2 atom stereocenters. The van der Waals surface area contributed by atoms with Crippen molar-refractivity contribution in [2.75, 3.05) is 13.2 Å². The van der Waals surface area contributed by atoms with Crippen molar-refractivity contribution in [3.8, 4) is 0 Å². The van der Waals surface area contributed by atoms with E-state index < -0.39 is 0 Å². The molecule has 1 aliphatic heterocycles. The van der Waals surface area contributed by atoms with Gasteiger partial charge in [0.25, 0.3) is 0 Å². The number of hydrogen-bond donors (Lipinski definition) is 2. The Balaban J connectivity index is 2.33. The lowest BCUT2D eigenvalue weighted by Gasteiger charge is -2.19. The normalized spacial score (nSPS) is 26.8. The van der Waals surface area contributed by atoms with E-state index in [1.165, 1.54) is 0 Å². The molecule has 2 unspecified atom stereocenters. The number of nitrogens with two attached hydrogens (primary N) is 1. The number of hydrogen-bond acceptors (Lipinski definition) is 3. The summed E-state index contributed by atoms with van der Waals surface area (Å²) in [5.41, 5.74) is 2.79. The molecule has 3 N–H and O–H groups in total. The Morgan fingerprint density at radius 2 is 2.64 bits per heavy atom. The zero-order chi connectivity index (χ0) is 8.10. The first-order valence-electron chi connectivity index (χ1n) is 4.03. The van der Waals surface area contributed by atoms with Crippen molar-refractivity contribution in [2.45, 2.75) is 18.9 Å². The second kappa shape index (κ2) is 4.49. The molecule has 11 heavy (non-hydrogen) atoms. The van der Waals surface area contributed by atoms with Crippen molar-refractivity contribution in [3.63, 3.8) is 0 Å². The molecule has 3 heteroatoms. The Labute approximate surface area is 67.6 Å². The van der Waals surface area contributed by atoms with Crippen molar-refractivity contribution in [1.82, 2.24) is 5.43 Å². The van der Waals surface area contributed by atoms with Gasteiger partial charge in [-0.25, -0.2) is 0 Å². The van der Waals surface area contributed by atoms with Crippen LogP contribution < -0.4 is 11.3 Å².